The van der Waals surface area contributed by atoms with Gasteiger partial charge in [0.25, 0.3) is 5.13 Å². The minimum absolute atomic E-state index is 0.431. The minimum Gasteiger partial charge on any atom is -0.214 e. The van der Waals surface area contributed by atoms with Crippen molar-refractivity contribution in [1.29, 1.82) is 0 Å². The van der Waals surface area contributed by atoms with Crippen LogP contribution in [0, 0.1) is 0 Å². The van der Waals surface area contributed by atoms with E-state index < -0.39 is 11.1 Å². The largest absolute Gasteiger partial charge is 0.317 e. The van der Waals surface area contributed by atoms with Gasteiger partial charge < -0.3 is 0 Å². The fourth-order valence-electron chi connectivity index (χ4n) is 0.335. The zero-order valence-electron chi connectivity index (χ0n) is 3.67. The lowest BCUT2D eigenvalue weighted by molar-refractivity contribution is -0.0508. The molecule has 0 aromatic heterocycles. The summed E-state index contributed by atoms with van der Waals surface area (Å²) in [6.07, 6.45) is 1.05. The highest BCUT2D eigenvalue weighted by Gasteiger charge is 2.56. The third-order valence-corrected chi connectivity index (χ3v) is 1.32. The van der Waals surface area contributed by atoms with Crippen LogP contribution >= 0.6 is 11.6 Å². The minimum atomic E-state index is -3.46. The van der Waals surface area contributed by atoms with Gasteiger partial charge in [-0.3, -0.25) is 0 Å². The van der Waals surface area contributed by atoms with Crippen LogP contribution in [0.4, 0.5) is 13.2 Å². The molecule has 0 aliphatic heterocycles. The van der Waals surface area contributed by atoms with Crippen molar-refractivity contribution < 1.29 is 13.2 Å². The van der Waals surface area contributed by atoms with Gasteiger partial charge >= 0.3 is 5.92 Å². The van der Waals surface area contributed by atoms with Crippen LogP contribution in [0.1, 0.15) is 0 Å². The standard InChI is InChI=1S/C4H2ClF3/c5-3(6)1-2-4(3,7)8/h1-2H. The van der Waals surface area contributed by atoms with E-state index in [1.165, 1.54) is 0 Å². The Labute approximate surface area is 48.9 Å². The fraction of sp³-hybridized carbons (Fsp3) is 0.500. The summed E-state index contributed by atoms with van der Waals surface area (Å²) in [4.78, 5) is 0. The summed E-state index contributed by atoms with van der Waals surface area (Å²) in [5.74, 6) is -3.46. The maximum atomic E-state index is 11.9. The Morgan fingerprint density at radius 3 is 1.50 bits per heavy atom. The molecule has 1 atom stereocenters. The average Bonchev–Trinajstić information content (AvgIpc) is 1.64. The molecule has 1 aliphatic carbocycles. The molecule has 0 radical (unpaired) electrons. The van der Waals surface area contributed by atoms with Crippen LogP contribution in [0.2, 0.25) is 0 Å². The van der Waals surface area contributed by atoms with Crippen LogP contribution in [0.15, 0.2) is 12.2 Å². The van der Waals surface area contributed by atoms with E-state index in [1.54, 1.807) is 0 Å². The summed E-state index contributed by atoms with van der Waals surface area (Å²) in [6.45, 7) is 0. The Morgan fingerprint density at radius 2 is 1.50 bits per heavy atom. The van der Waals surface area contributed by atoms with Gasteiger partial charge in [0.1, 0.15) is 0 Å². The van der Waals surface area contributed by atoms with Crippen LogP contribution in [0.3, 0.4) is 0 Å². The lowest BCUT2D eigenvalue weighted by Gasteiger charge is -2.29. The number of rotatable bonds is 0. The SMILES string of the molecule is FC1(F)C=CC1(F)Cl. The Hall–Kier alpha value is -0.180. The van der Waals surface area contributed by atoms with Gasteiger partial charge in [0.2, 0.25) is 0 Å². The molecule has 1 aliphatic rings. The van der Waals surface area contributed by atoms with Crippen molar-refractivity contribution in [3.05, 3.63) is 12.2 Å². The molecule has 0 aromatic rings. The first-order valence-corrected chi connectivity index (χ1v) is 2.29. The van der Waals surface area contributed by atoms with Crippen molar-refractivity contribution in [2.24, 2.45) is 0 Å². The molecular weight excluding hydrogens is 140 g/mol. The van der Waals surface area contributed by atoms with Crippen LogP contribution in [-0.2, 0) is 0 Å². The molecule has 4 heteroatoms. The van der Waals surface area contributed by atoms with E-state index in [2.05, 4.69) is 11.6 Å². The van der Waals surface area contributed by atoms with Gasteiger partial charge in [-0.2, -0.15) is 8.78 Å². The molecule has 0 N–H and O–H groups in total. The lowest BCUT2D eigenvalue weighted by atomic mass is 10.0. The number of hydrogen-bond donors (Lipinski definition) is 0. The van der Waals surface area contributed by atoms with E-state index in [-0.39, 0.29) is 0 Å². The summed E-state index contributed by atoms with van der Waals surface area (Å²) in [6, 6.07) is 0. The van der Waals surface area contributed by atoms with E-state index in [0.717, 1.165) is 0 Å². The van der Waals surface area contributed by atoms with Gasteiger partial charge in [-0.25, -0.2) is 4.39 Å². The maximum absolute atomic E-state index is 11.9. The summed E-state index contributed by atoms with van der Waals surface area (Å²) in [5.41, 5.74) is 0. The summed E-state index contributed by atoms with van der Waals surface area (Å²) < 4.78 is 35.4. The van der Waals surface area contributed by atoms with E-state index in [0.29, 0.717) is 12.2 Å². The van der Waals surface area contributed by atoms with E-state index in [9.17, 15) is 13.2 Å². The first kappa shape index (κ1) is 5.95. The van der Waals surface area contributed by atoms with E-state index >= 15 is 0 Å². The van der Waals surface area contributed by atoms with Crippen molar-refractivity contribution in [2.75, 3.05) is 0 Å². The molecule has 0 aromatic carbocycles. The topological polar surface area (TPSA) is 0 Å². The molecule has 0 amide bonds. The van der Waals surface area contributed by atoms with Crippen LogP contribution in [0.25, 0.3) is 0 Å². The molecule has 1 unspecified atom stereocenters. The molecule has 0 bridgehead atoms. The van der Waals surface area contributed by atoms with Gasteiger partial charge in [-0.05, 0) is 12.2 Å². The maximum Gasteiger partial charge on any atom is 0.317 e. The Bertz CT molecular complexity index is 122. The summed E-state index contributed by atoms with van der Waals surface area (Å²) in [5, 5.41) is -2.92. The molecule has 0 nitrogen and oxygen atoms in total. The van der Waals surface area contributed by atoms with Gasteiger partial charge in [-0.15, -0.1) is 0 Å². The predicted molar refractivity (Wildman–Crippen MR) is 23.8 cm³/mol. The molecule has 46 valence electrons. The Kier molecular flexibility index (Phi) is 0.899. The number of allylic oxidation sites excluding steroid dienone is 2. The van der Waals surface area contributed by atoms with Gasteiger partial charge in [-0.1, -0.05) is 11.6 Å². The highest BCUT2D eigenvalue weighted by molar-refractivity contribution is 6.25. The molecule has 0 heterocycles. The van der Waals surface area contributed by atoms with Crippen molar-refractivity contribution in [3.63, 3.8) is 0 Å². The van der Waals surface area contributed by atoms with Crippen LogP contribution in [0.5, 0.6) is 0 Å². The van der Waals surface area contributed by atoms with Crippen molar-refractivity contribution in [2.45, 2.75) is 11.1 Å². The highest BCUT2D eigenvalue weighted by Crippen LogP contribution is 2.45. The Balaban J connectivity index is 2.82. The van der Waals surface area contributed by atoms with E-state index in [4.69, 9.17) is 0 Å². The monoisotopic (exact) mass is 142 g/mol. The first-order chi connectivity index (χ1) is 3.46. The summed E-state index contributed by atoms with van der Waals surface area (Å²) in [7, 11) is 0. The van der Waals surface area contributed by atoms with Gasteiger partial charge in [0, 0.05) is 0 Å². The zero-order valence-corrected chi connectivity index (χ0v) is 4.42. The lowest BCUT2D eigenvalue weighted by Crippen LogP contribution is -2.42. The number of halogens is 4. The zero-order chi connectivity index (χ0) is 6.41. The molecule has 1 rings (SSSR count). The van der Waals surface area contributed by atoms with Gasteiger partial charge in [0.05, 0.1) is 0 Å². The molecule has 0 saturated heterocycles. The molecule has 0 saturated carbocycles. The molecule has 0 spiro atoms. The average molecular weight is 143 g/mol. The second kappa shape index (κ2) is 1.21. The number of alkyl halides is 4. The third-order valence-electron chi connectivity index (χ3n) is 0.946. The van der Waals surface area contributed by atoms with Crippen molar-refractivity contribution in [3.8, 4) is 0 Å². The molecule has 8 heavy (non-hydrogen) atoms. The predicted octanol–water partition coefficient (Wildman–Crippen LogP) is 2.10. The fourth-order valence-corrected chi connectivity index (χ4v) is 0.461. The van der Waals surface area contributed by atoms with Crippen LogP contribution < -0.4 is 0 Å². The third kappa shape index (κ3) is 0.540. The first-order valence-electron chi connectivity index (χ1n) is 1.92. The smallest absolute Gasteiger partial charge is 0.214 e. The quantitative estimate of drug-likeness (QED) is 0.359. The van der Waals surface area contributed by atoms with Crippen molar-refractivity contribution >= 4 is 11.6 Å². The number of hydrogen-bond acceptors (Lipinski definition) is 0. The second-order valence-corrected chi connectivity index (χ2v) is 2.13. The summed E-state index contributed by atoms with van der Waals surface area (Å²) >= 11 is 4.59. The van der Waals surface area contributed by atoms with Crippen molar-refractivity contribution in [1.82, 2.24) is 0 Å². The molecular formula is C4H2ClF3. The van der Waals surface area contributed by atoms with Gasteiger partial charge in [0.15, 0.2) is 0 Å². The molecule has 0 fully saturated rings. The second-order valence-electron chi connectivity index (χ2n) is 1.58. The highest BCUT2D eigenvalue weighted by atomic mass is 35.5. The van der Waals surface area contributed by atoms with Crippen LogP contribution in [-0.4, -0.2) is 11.1 Å². The Morgan fingerprint density at radius 1 is 1.12 bits per heavy atom. The van der Waals surface area contributed by atoms with E-state index in [1.807, 2.05) is 0 Å². The normalized spacial score (nSPS) is 41.5.